The van der Waals surface area contributed by atoms with Gasteiger partial charge in [-0.1, -0.05) is 18.2 Å². The number of amides is 2. The van der Waals surface area contributed by atoms with Crippen LogP contribution in [0.15, 0.2) is 57.8 Å². The van der Waals surface area contributed by atoms with Crippen LogP contribution in [0.1, 0.15) is 29.0 Å². The minimum atomic E-state index is -3.79. The largest absolute Gasteiger partial charge is 0.459 e. The zero-order valence-corrected chi connectivity index (χ0v) is 20.0. The van der Waals surface area contributed by atoms with Gasteiger partial charge >= 0.3 is 0 Å². The third-order valence-electron chi connectivity index (χ3n) is 5.99. The summed E-state index contributed by atoms with van der Waals surface area (Å²) in [6.07, 6.45) is 1.30. The number of rotatable bonds is 7. The molecule has 0 saturated carbocycles. The van der Waals surface area contributed by atoms with Crippen molar-refractivity contribution >= 4 is 38.5 Å². The number of benzene rings is 2. The summed E-state index contributed by atoms with van der Waals surface area (Å²) in [6, 6.07) is 14.0. The molecule has 10 heteroatoms. The zero-order chi connectivity index (χ0) is 24.5. The minimum absolute atomic E-state index is 0.00100. The number of piperidine rings is 1. The summed E-state index contributed by atoms with van der Waals surface area (Å²) < 4.78 is 32.6. The predicted octanol–water partition coefficient (Wildman–Crippen LogP) is 2.63. The number of anilines is 1. The van der Waals surface area contributed by atoms with Gasteiger partial charge in [-0.3, -0.25) is 9.59 Å². The molecule has 3 aromatic rings. The van der Waals surface area contributed by atoms with Crippen molar-refractivity contribution in [1.82, 2.24) is 9.21 Å². The molecule has 2 heterocycles. The maximum Gasteiger partial charge on any atom is 0.253 e. The number of furan rings is 1. The third kappa shape index (κ3) is 4.92. The van der Waals surface area contributed by atoms with E-state index in [4.69, 9.17) is 10.2 Å². The smallest absolute Gasteiger partial charge is 0.253 e. The number of nitrogens with one attached hydrogen (secondary N) is 1. The van der Waals surface area contributed by atoms with Crippen LogP contribution < -0.4 is 11.1 Å². The standard InChI is InChI=1S/C24H28N4O5S/c1-27(2)34(31,32)21-12-18(24(30)28-9-5-7-17(15-28)23(25)29)10-19(13-21)26-14-20-11-16-6-3-4-8-22(16)33-20/h3-4,6,8,10-13,17,26H,5,7,9,14-15H2,1-2H3,(H2,25,29)/t17-/m1/s1. The zero-order valence-electron chi connectivity index (χ0n) is 19.2. The van der Waals surface area contributed by atoms with Crippen molar-refractivity contribution in [3.8, 4) is 0 Å². The molecule has 2 aromatic carbocycles. The summed E-state index contributed by atoms with van der Waals surface area (Å²) >= 11 is 0. The highest BCUT2D eigenvalue weighted by Gasteiger charge is 2.29. The fourth-order valence-corrected chi connectivity index (χ4v) is 5.05. The van der Waals surface area contributed by atoms with Crippen molar-refractivity contribution in [3.05, 3.63) is 59.9 Å². The molecule has 0 spiro atoms. The van der Waals surface area contributed by atoms with Crippen LogP contribution in [0.3, 0.4) is 0 Å². The van der Waals surface area contributed by atoms with Crippen molar-refractivity contribution in [1.29, 1.82) is 0 Å². The Bertz CT molecular complexity index is 1300. The number of nitrogens with two attached hydrogens (primary N) is 1. The molecule has 2 amide bonds. The molecule has 0 aliphatic carbocycles. The molecule has 1 saturated heterocycles. The van der Waals surface area contributed by atoms with E-state index < -0.39 is 21.8 Å². The van der Waals surface area contributed by atoms with Crippen LogP contribution in [0.5, 0.6) is 0 Å². The van der Waals surface area contributed by atoms with Crippen LogP contribution in [0.2, 0.25) is 0 Å². The monoisotopic (exact) mass is 484 g/mol. The van der Waals surface area contributed by atoms with Crippen LogP contribution in [-0.2, 0) is 21.4 Å². The molecular weight excluding hydrogens is 456 g/mol. The fourth-order valence-electron chi connectivity index (χ4n) is 4.07. The molecular formula is C24H28N4O5S. The van der Waals surface area contributed by atoms with Crippen LogP contribution in [0.4, 0.5) is 5.69 Å². The Morgan fingerprint density at radius 1 is 1.18 bits per heavy atom. The highest BCUT2D eigenvalue weighted by Crippen LogP contribution is 2.26. The molecule has 0 radical (unpaired) electrons. The summed E-state index contributed by atoms with van der Waals surface area (Å²) in [7, 11) is -0.913. The van der Waals surface area contributed by atoms with E-state index in [0.717, 1.165) is 15.3 Å². The van der Waals surface area contributed by atoms with Crippen molar-refractivity contribution in [2.45, 2.75) is 24.3 Å². The number of sulfonamides is 1. The van der Waals surface area contributed by atoms with Crippen LogP contribution in [-0.4, -0.2) is 56.6 Å². The molecule has 1 aliphatic rings. The lowest BCUT2D eigenvalue weighted by atomic mass is 9.97. The van der Waals surface area contributed by atoms with E-state index in [-0.39, 0.29) is 22.9 Å². The molecule has 4 rings (SSSR count). The van der Waals surface area contributed by atoms with Gasteiger partial charge in [0.1, 0.15) is 11.3 Å². The molecule has 1 fully saturated rings. The molecule has 9 nitrogen and oxygen atoms in total. The van der Waals surface area contributed by atoms with Gasteiger partial charge in [-0.05, 0) is 43.2 Å². The second kappa shape index (κ2) is 9.47. The minimum Gasteiger partial charge on any atom is -0.459 e. The van der Waals surface area contributed by atoms with Crippen molar-refractivity contribution < 1.29 is 22.4 Å². The number of likely N-dealkylation sites (tertiary alicyclic amines) is 1. The second-order valence-corrected chi connectivity index (χ2v) is 10.8. The third-order valence-corrected chi connectivity index (χ3v) is 7.78. The summed E-state index contributed by atoms with van der Waals surface area (Å²) in [4.78, 5) is 26.5. The summed E-state index contributed by atoms with van der Waals surface area (Å²) in [6.45, 7) is 1.01. The number of fused-ring (bicyclic) bond motifs is 1. The fraction of sp³-hybridized carbons (Fsp3) is 0.333. The summed E-state index contributed by atoms with van der Waals surface area (Å²) in [5.74, 6) is -0.504. The Balaban J connectivity index is 1.63. The van der Waals surface area contributed by atoms with Gasteiger partial charge in [0, 0.05) is 43.8 Å². The average Bonchev–Trinajstić information content (AvgIpc) is 3.25. The number of carbonyl (C=O) groups is 2. The van der Waals surface area contributed by atoms with E-state index in [1.165, 1.54) is 26.2 Å². The van der Waals surface area contributed by atoms with Gasteiger partial charge in [-0.25, -0.2) is 12.7 Å². The van der Waals surface area contributed by atoms with E-state index in [1.807, 2.05) is 30.3 Å². The van der Waals surface area contributed by atoms with Gasteiger partial charge in [0.25, 0.3) is 5.91 Å². The van der Waals surface area contributed by atoms with Gasteiger partial charge in [0.15, 0.2) is 0 Å². The average molecular weight is 485 g/mol. The summed E-state index contributed by atoms with van der Waals surface area (Å²) in [5.41, 5.74) is 6.90. The molecule has 1 aliphatic heterocycles. The quantitative estimate of drug-likeness (QED) is 0.531. The van der Waals surface area contributed by atoms with Gasteiger partial charge in [0.05, 0.1) is 17.4 Å². The summed E-state index contributed by atoms with van der Waals surface area (Å²) in [5, 5.41) is 4.14. The second-order valence-electron chi connectivity index (χ2n) is 8.63. The first kappa shape index (κ1) is 23.8. The SMILES string of the molecule is CN(C)S(=O)(=O)c1cc(NCc2cc3ccccc3o2)cc(C(=O)N2CCC[C@@H](C(N)=O)C2)c1. The first-order valence-electron chi connectivity index (χ1n) is 11.0. The molecule has 0 bridgehead atoms. The Hall–Kier alpha value is -3.37. The Labute approximate surface area is 198 Å². The number of hydrogen-bond acceptors (Lipinski definition) is 6. The normalized spacial score (nSPS) is 16.7. The molecule has 180 valence electrons. The first-order chi connectivity index (χ1) is 16.1. The maximum absolute atomic E-state index is 13.3. The van der Waals surface area contributed by atoms with Gasteiger partial charge in [-0.15, -0.1) is 0 Å². The lowest BCUT2D eigenvalue weighted by Crippen LogP contribution is -2.44. The van der Waals surface area contributed by atoms with Gasteiger partial charge in [-0.2, -0.15) is 0 Å². The van der Waals surface area contributed by atoms with Crippen LogP contribution in [0, 0.1) is 5.92 Å². The molecule has 1 atom stereocenters. The van der Waals surface area contributed by atoms with Crippen LogP contribution >= 0.6 is 0 Å². The van der Waals surface area contributed by atoms with E-state index in [0.29, 0.717) is 37.4 Å². The van der Waals surface area contributed by atoms with E-state index in [2.05, 4.69) is 5.32 Å². The predicted molar refractivity (Wildman–Crippen MR) is 129 cm³/mol. The highest BCUT2D eigenvalue weighted by molar-refractivity contribution is 7.89. The Kier molecular flexibility index (Phi) is 6.63. The Morgan fingerprint density at radius 3 is 2.65 bits per heavy atom. The van der Waals surface area contributed by atoms with Crippen molar-refractivity contribution in [2.24, 2.45) is 11.7 Å². The number of nitrogens with zero attached hydrogens (tertiary/aromatic N) is 2. The molecule has 1 aromatic heterocycles. The number of para-hydroxylation sites is 1. The van der Waals surface area contributed by atoms with Crippen molar-refractivity contribution in [2.75, 3.05) is 32.5 Å². The van der Waals surface area contributed by atoms with Gasteiger partial charge in [0.2, 0.25) is 15.9 Å². The van der Waals surface area contributed by atoms with Crippen LogP contribution in [0.25, 0.3) is 11.0 Å². The number of hydrogen-bond donors (Lipinski definition) is 2. The molecule has 0 unspecified atom stereocenters. The lowest BCUT2D eigenvalue weighted by molar-refractivity contribution is -0.123. The number of primary amides is 1. The Morgan fingerprint density at radius 2 is 1.94 bits per heavy atom. The maximum atomic E-state index is 13.3. The topological polar surface area (TPSA) is 126 Å². The highest BCUT2D eigenvalue weighted by atomic mass is 32.2. The van der Waals surface area contributed by atoms with E-state index >= 15 is 0 Å². The lowest BCUT2D eigenvalue weighted by Gasteiger charge is -2.31. The molecule has 34 heavy (non-hydrogen) atoms. The number of carbonyl (C=O) groups excluding carboxylic acids is 2. The molecule has 3 N–H and O–H groups in total. The van der Waals surface area contributed by atoms with Crippen molar-refractivity contribution in [3.63, 3.8) is 0 Å². The van der Waals surface area contributed by atoms with Gasteiger partial charge < -0.3 is 20.4 Å². The van der Waals surface area contributed by atoms with E-state index in [1.54, 1.807) is 11.0 Å². The first-order valence-corrected chi connectivity index (χ1v) is 12.5. The van der Waals surface area contributed by atoms with E-state index in [9.17, 15) is 18.0 Å².